The normalized spacial score (nSPS) is 10.5. The maximum absolute atomic E-state index is 3.98. The molecule has 4 aromatic carbocycles. The Balaban J connectivity index is 0.000000175. The molecule has 11 nitrogen and oxygen atoms in total. The van der Waals surface area contributed by atoms with Crippen LogP contribution in [0.2, 0.25) is 0 Å². The summed E-state index contributed by atoms with van der Waals surface area (Å²) in [4.78, 5) is 42.3. The summed E-state index contributed by atoms with van der Waals surface area (Å²) in [5.41, 5.74) is 15.7. The number of fused-ring (bicyclic) bond motifs is 3. The molecule has 0 bridgehead atoms. The lowest BCUT2D eigenvalue weighted by Gasteiger charge is -2.34. The summed E-state index contributed by atoms with van der Waals surface area (Å²) >= 11 is 0. The van der Waals surface area contributed by atoms with Crippen LogP contribution in [0, 0.1) is 55.4 Å². The third-order valence-corrected chi connectivity index (χ3v) is 10.9. The van der Waals surface area contributed by atoms with E-state index in [4.69, 9.17) is 0 Å². The summed E-state index contributed by atoms with van der Waals surface area (Å²) in [5.74, 6) is 0.822. The van der Waals surface area contributed by atoms with E-state index in [1.807, 2.05) is 103 Å². The van der Waals surface area contributed by atoms with E-state index < -0.39 is 0 Å². The van der Waals surface area contributed by atoms with Gasteiger partial charge in [-0.05, 0) is 148 Å². The highest BCUT2D eigenvalue weighted by atomic mass is 14.8. The Hall–Kier alpha value is -9.35. The van der Waals surface area contributed by atoms with Gasteiger partial charge in [0, 0.05) is 91.9 Å². The van der Waals surface area contributed by atoms with Gasteiger partial charge in [0.05, 0.1) is 11.1 Å². The van der Waals surface area contributed by atoms with Gasteiger partial charge in [0.15, 0.2) is 0 Å². The van der Waals surface area contributed by atoms with E-state index in [9.17, 15) is 0 Å². The molecular formula is C64H65N11. The first-order valence-corrected chi connectivity index (χ1v) is 24.4. The van der Waals surface area contributed by atoms with Crippen LogP contribution in [0.5, 0.6) is 0 Å². The molecule has 0 fully saturated rings. The zero-order valence-electron chi connectivity index (χ0n) is 44.1. The standard InChI is InChI=1S/C26H20.3C6H7N.4C5H6N2/c1-19-16-17-23-22-14-8-9-15-24(22)26(25(23)18-19,20-10-4-2-5-11-20)21-12-6-3-7-13-21;1-6-2-4-7-5-3-6;1-6-3-2-4-7-5-6;1-6-4-2-3-5-7-6;1-5-2-6-4-7-3-5;1-5-4-6-2-3-7-5;1-5-2-3-6-4-7-5;1-5-6-3-2-4-7-5/h2-18H,1H3;3*2-5H,1H3;4*2-4H,1H3. The number of hydrogen-bond donors (Lipinski definition) is 0. The summed E-state index contributed by atoms with van der Waals surface area (Å²) in [6, 6.07) is 55.0. The van der Waals surface area contributed by atoms with Crippen molar-refractivity contribution in [1.82, 2.24) is 54.8 Å². The minimum atomic E-state index is -0.263. The molecule has 0 amide bonds. The molecule has 0 aliphatic heterocycles. The Morgan fingerprint density at radius 1 is 0.280 bits per heavy atom. The third-order valence-electron chi connectivity index (χ3n) is 10.9. The van der Waals surface area contributed by atoms with Gasteiger partial charge in [0.1, 0.15) is 18.5 Å². The topological polar surface area (TPSA) is 142 Å². The van der Waals surface area contributed by atoms with Crippen LogP contribution in [0.25, 0.3) is 11.1 Å². The fourth-order valence-electron chi connectivity index (χ4n) is 7.36. The van der Waals surface area contributed by atoms with Crippen LogP contribution in [-0.4, -0.2) is 54.8 Å². The summed E-state index contributed by atoms with van der Waals surface area (Å²) in [6.45, 7) is 15.9. The summed E-state index contributed by atoms with van der Waals surface area (Å²) in [6.07, 6.45) is 25.8. The lowest BCUT2D eigenvalue weighted by atomic mass is 9.67. The highest BCUT2D eigenvalue weighted by Gasteiger charge is 2.45. The van der Waals surface area contributed by atoms with Gasteiger partial charge in [-0.2, -0.15) is 0 Å². The predicted molar refractivity (Wildman–Crippen MR) is 302 cm³/mol. The van der Waals surface area contributed by atoms with Crippen LogP contribution in [0.15, 0.2) is 251 Å². The van der Waals surface area contributed by atoms with Gasteiger partial charge in [0.25, 0.3) is 0 Å². The Kier molecular flexibility index (Phi) is 24.0. The van der Waals surface area contributed by atoms with E-state index in [2.05, 4.69) is 165 Å². The van der Waals surface area contributed by atoms with Gasteiger partial charge in [-0.15, -0.1) is 0 Å². The van der Waals surface area contributed by atoms with Crippen molar-refractivity contribution in [2.75, 3.05) is 0 Å². The molecule has 1 aliphatic rings. The first-order chi connectivity index (χ1) is 36.6. The van der Waals surface area contributed by atoms with Gasteiger partial charge >= 0.3 is 0 Å². The monoisotopic (exact) mass is 988 g/mol. The number of aromatic nitrogens is 11. The van der Waals surface area contributed by atoms with E-state index in [1.54, 1.807) is 80.4 Å². The second-order valence-corrected chi connectivity index (χ2v) is 17.0. The van der Waals surface area contributed by atoms with E-state index in [1.165, 1.54) is 62.7 Å². The SMILES string of the molecule is Cc1ccc2c(c1)C(c1ccccc1)(c1ccccc1)c1ccccc1-2.Cc1ccccn1.Cc1cccnc1.Cc1ccncc1.Cc1ccncn1.Cc1cnccn1.Cc1cncnc1.Cc1ncccn1. The molecule has 0 N–H and O–H groups in total. The molecule has 0 saturated heterocycles. The molecule has 75 heavy (non-hydrogen) atoms. The molecule has 376 valence electrons. The molecule has 0 saturated carbocycles. The quantitative estimate of drug-likeness (QED) is 0.163. The van der Waals surface area contributed by atoms with Crippen molar-refractivity contribution in [3.8, 4) is 11.1 Å². The molecule has 7 aromatic heterocycles. The molecule has 0 unspecified atom stereocenters. The van der Waals surface area contributed by atoms with Crippen LogP contribution >= 0.6 is 0 Å². The molecule has 0 radical (unpaired) electrons. The van der Waals surface area contributed by atoms with Gasteiger partial charge in [0.2, 0.25) is 0 Å². The van der Waals surface area contributed by atoms with Crippen LogP contribution in [-0.2, 0) is 5.41 Å². The molecule has 0 spiro atoms. The van der Waals surface area contributed by atoms with Crippen molar-refractivity contribution < 1.29 is 0 Å². The average Bonchev–Trinajstić information content (AvgIpc) is 3.74. The molecule has 12 rings (SSSR count). The fraction of sp³-hybridized carbons (Fsp3) is 0.141. The molecule has 11 aromatic rings. The Bertz CT molecular complexity index is 2790. The van der Waals surface area contributed by atoms with E-state index >= 15 is 0 Å². The first kappa shape index (κ1) is 56.6. The molecular weight excluding hydrogens is 923 g/mol. The Labute approximate surface area is 443 Å². The van der Waals surface area contributed by atoms with Crippen molar-refractivity contribution >= 4 is 0 Å². The number of aryl methyl sites for hydroxylation is 8. The number of benzene rings is 4. The van der Waals surface area contributed by atoms with E-state index in [-0.39, 0.29) is 5.41 Å². The molecule has 11 heteroatoms. The van der Waals surface area contributed by atoms with Crippen molar-refractivity contribution in [2.24, 2.45) is 0 Å². The van der Waals surface area contributed by atoms with Crippen molar-refractivity contribution in [1.29, 1.82) is 0 Å². The van der Waals surface area contributed by atoms with E-state index in [0.717, 1.165) is 28.5 Å². The highest BCUT2D eigenvalue weighted by Crippen LogP contribution is 2.56. The summed E-state index contributed by atoms with van der Waals surface area (Å²) in [5, 5.41) is 0. The smallest absolute Gasteiger partial charge is 0.125 e. The van der Waals surface area contributed by atoms with Crippen molar-refractivity contribution in [3.63, 3.8) is 0 Å². The van der Waals surface area contributed by atoms with Gasteiger partial charge in [-0.1, -0.05) is 121 Å². The van der Waals surface area contributed by atoms with Gasteiger partial charge in [-0.3, -0.25) is 24.9 Å². The summed E-state index contributed by atoms with van der Waals surface area (Å²) < 4.78 is 0. The minimum Gasteiger partial charge on any atom is -0.265 e. The largest absolute Gasteiger partial charge is 0.265 e. The van der Waals surface area contributed by atoms with Gasteiger partial charge < -0.3 is 0 Å². The predicted octanol–water partition coefficient (Wildman–Crippen LogP) is 13.7. The van der Waals surface area contributed by atoms with Crippen molar-refractivity contribution in [2.45, 2.75) is 60.8 Å². The number of nitrogens with zero attached hydrogens (tertiary/aromatic N) is 11. The maximum atomic E-state index is 3.98. The number of pyridine rings is 3. The van der Waals surface area contributed by atoms with Crippen LogP contribution in [0.1, 0.15) is 67.4 Å². The average molecular weight is 988 g/mol. The fourth-order valence-corrected chi connectivity index (χ4v) is 7.36. The lowest BCUT2D eigenvalue weighted by molar-refractivity contribution is 0.767. The first-order valence-electron chi connectivity index (χ1n) is 24.4. The maximum Gasteiger partial charge on any atom is 0.125 e. The van der Waals surface area contributed by atoms with E-state index in [0.29, 0.717) is 0 Å². The molecule has 1 aliphatic carbocycles. The zero-order chi connectivity index (χ0) is 53.4. The summed E-state index contributed by atoms with van der Waals surface area (Å²) in [7, 11) is 0. The van der Waals surface area contributed by atoms with Crippen LogP contribution in [0.3, 0.4) is 0 Å². The van der Waals surface area contributed by atoms with Gasteiger partial charge in [-0.25, -0.2) is 29.9 Å². The Morgan fingerprint density at radius 3 is 1.27 bits per heavy atom. The second kappa shape index (κ2) is 31.9. The molecule has 7 heterocycles. The Morgan fingerprint density at radius 2 is 0.853 bits per heavy atom. The van der Waals surface area contributed by atoms with Crippen molar-refractivity contribution in [3.05, 3.63) is 318 Å². The number of hydrogen-bond acceptors (Lipinski definition) is 11. The second-order valence-electron chi connectivity index (χ2n) is 17.0. The third kappa shape index (κ3) is 19.3. The molecule has 0 atom stereocenters. The lowest BCUT2D eigenvalue weighted by Crippen LogP contribution is -2.28. The minimum absolute atomic E-state index is 0.263. The zero-order valence-corrected chi connectivity index (χ0v) is 44.1. The van der Waals surface area contributed by atoms with Crippen LogP contribution < -0.4 is 0 Å². The number of rotatable bonds is 2. The highest BCUT2D eigenvalue weighted by molar-refractivity contribution is 5.86. The van der Waals surface area contributed by atoms with Crippen LogP contribution in [0.4, 0.5) is 0 Å².